The van der Waals surface area contributed by atoms with E-state index in [4.69, 9.17) is 0 Å². The highest BCUT2D eigenvalue weighted by Gasteiger charge is 2.21. The first-order chi connectivity index (χ1) is 11.5. The Balaban J connectivity index is 1.69. The van der Waals surface area contributed by atoms with E-state index in [0.717, 1.165) is 30.2 Å². The number of hydrogen-bond donors (Lipinski definition) is 2. The van der Waals surface area contributed by atoms with E-state index in [1.54, 1.807) is 18.2 Å². The third kappa shape index (κ3) is 2.73. The number of anilines is 1. The minimum Gasteiger partial charge on any atom is -0.366 e. The van der Waals surface area contributed by atoms with E-state index < -0.39 is 9.84 Å². The Hall–Kier alpha value is -2.48. The van der Waals surface area contributed by atoms with E-state index in [-0.39, 0.29) is 10.9 Å². The average molecular weight is 343 g/mol. The predicted octanol–water partition coefficient (Wildman–Crippen LogP) is 1.73. The van der Waals surface area contributed by atoms with Gasteiger partial charge in [0.25, 0.3) is 0 Å². The molecule has 1 atom stereocenters. The molecular formula is C16H17N5O2S. The summed E-state index contributed by atoms with van der Waals surface area (Å²) < 4.78 is 23.6. The van der Waals surface area contributed by atoms with Gasteiger partial charge >= 0.3 is 0 Å². The molecule has 1 unspecified atom stereocenters. The molecule has 7 nitrogen and oxygen atoms in total. The maximum absolute atomic E-state index is 11.8. The molecule has 1 aliphatic rings. The van der Waals surface area contributed by atoms with Crippen LogP contribution in [0.4, 0.5) is 5.82 Å². The zero-order chi connectivity index (χ0) is 16.7. The molecule has 2 N–H and O–H groups in total. The summed E-state index contributed by atoms with van der Waals surface area (Å²) in [7, 11) is -3.27. The van der Waals surface area contributed by atoms with Crippen LogP contribution in [-0.2, 0) is 22.7 Å². The molecular weight excluding hydrogens is 326 g/mol. The molecule has 4 rings (SSSR count). The fourth-order valence-electron chi connectivity index (χ4n) is 3.11. The second-order valence-electron chi connectivity index (χ2n) is 6.13. The lowest BCUT2D eigenvalue weighted by Crippen LogP contribution is -2.27. The number of aromatic amines is 1. The van der Waals surface area contributed by atoms with Gasteiger partial charge in [-0.05, 0) is 43.0 Å². The highest BCUT2D eigenvalue weighted by atomic mass is 32.2. The minimum atomic E-state index is -3.27. The first-order valence-electron chi connectivity index (χ1n) is 7.73. The maximum Gasteiger partial charge on any atom is 0.175 e. The lowest BCUT2D eigenvalue weighted by atomic mass is 9.93. The van der Waals surface area contributed by atoms with Gasteiger partial charge in [-0.15, -0.1) is 0 Å². The fraction of sp³-hybridized carbons (Fsp3) is 0.312. The van der Waals surface area contributed by atoms with Crippen molar-refractivity contribution in [3.8, 4) is 0 Å². The molecule has 1 aliphatic carbocycles. The number of H-pyrrole nitrogens is 1. The van der Waals surface area contributed by atoms with Crippen molar-refractivity contribution >= 4 is 26.6 Å². The number of hydrogen-bond acceptors (Lipinski definition) is 6. The summed E-state index contributed by atoms with van der Waals surface area (Å²) in [5, 5.41) is 11.3. The second-order valence-corrected chi connectivity index (χ2v) is 8.15. The fourth-order valence-corrected chi connectivity index (χ4v) is 3.76. The number of nitrogens with zero attached hydrogens (tertiary/aromatic N) is 3. The van der Waals surface area contributed by atoms with Crippen LogP contribution >= 0.6 is 0 Å². The topological polar surface area (TPSA) is 101 Å². The number of aromatic nitrogens is 4. The summed E-state index contributed by atoms with van der Waals surface area (Å²) in [5.74, 6) is 0.669. The van der Waals surface area contributed by atoms with Crippen molar-refractivity contribution in [2.75, 3.05) is 11.6 Å². The lowest BCUT2D eigenvalue weighted by Gasteiger charge is -2.23. The maximum atomic E-state index is 11.8. The van der Waals surface area contributed by atoms with E-state index in [1.807, 2.05) is 6.20 Å². The molecule has 0 spiro atoms. The first-order valence-corrected chi connectivity index (χ1v) is 9.62. The minimum absolute atomic E-state index is 0.232. The zero-order valence-corrected chi connectivity index (χ0v) is 14.0. The molecule has 1 aromatic carbocycles. The van der Waals surface area contributed by atoms with Crippen LogP contribution in [0.1, 0.15) is 17.7 Å². The van der Waals surface area contributed by atoms with Crippen molar-refractivity contribution in [3.05, 3.63) is 42.0 Å². The summed E-state index contributed by atoms with van der Waals surface area (Å²) in [4.78, 5) is 8.82. The molecule has 2 aromatic heterocycles. The number of sulfone groups is 1. The molecule has 0 aliphatic heterocycles. The molecule has 124 valence electrons. The van der Waals surface area contributed by atoms with Crippen LogP contribution in [0, 0.1) is 0 Å². The van der Waals surface area contributed by atoms with E-state index >= 15 is 0 Å². The van der Waals surface area contributed by atoms with Gasteiger partial charge in [0.2, 0.25) is 0 Å². The second kappa shape index (κ2) is 5.55. The van der Waals surface area contributed by atoms with Crippen LogP contribution in [0.25, 0.3) is 10.9 Å². The van der Waals surface area contributed by atoms with Gasteiger partial charge in [-0.1, -0.05) is 0 Å². The molecule has 0 fully saturated rings. The molecule has 3 aromatic rings. The van der Waals surface area contributed by atoms with E-state index in [1.165, 1.54) is 23.8 Å². The van der Waals surface area contributed by atoms with Gasteiger partial charge in [0.15, 0.2) is 9.84 Å². The van der Waals surface area contributed by atoms with Gasteiger partial charge in [0.05, 0.1) is 16.6 Å². The third-order valence-corrected chi connectivity index (χ3v) is 5.50. The number of nitrogens with one attached hydrogen (secondary N) is 2. The number of aryl methyl sites for hydroxylation is 1. The summed E-state index contributed by atoms with van der Waals surface area (Å²) >= 11 is 0. The number of benzene rings is 1. The van der Waals surface area contributed by atoms with Crippen molar-refractivity contribution in [1.29, 1.82) is 0 Å². The van der Waals surface area contributed by atoms with Gasteiger partial charge in [0.1, 0.15) is 12.1 Å². The largest absolute Gasteiger partial charge is 0.366 e. The molecule has 0 radical (unpaired) electrons. The normalized spacial score (nSPS) is 17.6. The van der Waals surface area contributed by atoms with Crippen LogP contribution in [-0.4, -0.2) is 40.9 Å². The Morgan fingerprint density at radius 1 is 1.29 bits per heavy atom. The van der Waals surface area contributed by atoms with Gasteiger partial charge in [0, 0.05) is 23.4 Å². The smallest absolute Gasteiger partial charge is 0.175 e. The highest BCUT2D eigenvalue weighted by molar-refractivity contribution is 7.90. The van der Waals surface area contributed by atoms with Crippen LogP contribution in [0.5, 0.6) is 0 Å². The average Bonchev–Trinajstić information content (AvgIpc) is 3.01. The third-order valence-electron chi connectivity index (χ3n) is 4.39. The SMILES string of the molecule is CS(=O)(=O)c1ccc2ncnc(NC3CCc4[nH]ncc4C3)c2c1. The Morgan fingerprint density at radius 2 is 2.17 bits per heavy atom. The van der Waals surface area contributed by atoms with Crippen LogP contribution in [0.2, 0.25) is 0 Å². The van der Waals surface area contributed by atoms with Crippen molar-refractivity contribution in [2.45, 2.75) is 30.2 Å². The predicted molar refractivity (Wildman–Crippen MR) is 90.7 cm³/mol. The highest BCUT2D eigenvalue weighted by Crippen LogP contribution is 2.26. The Morgan fingerprint density at radius 3 is 3.00 bits per heavy atom. The lowest BCUT2D eigenvalue weighted by molar-refractivity contribution is 0.602. The molecule has 0 bridgehead atoms. The van der Waals surface area contributed by atoms with Gasteiger partial charge in [-0.3, -0.25) is 5.10 Å². The van der Waals surface area contributed by atoms with Gasteiger partial charge in [-0.2, -0.15) is 5.10 Å². The first kappa shape index (κ1) is 15.1. The van der Waals surface area contributed by atoms with Crippen molar-refractivity contribution in [2.24, 2.45) is 0 Å². The molecule has 0 saturated heterocycles. The Kier molecular flexibility index (Phi) is 3.49. The van der Waals surface area contributed by atoms with Crippen LogP contribution in [0.15, 0.2) is 35.6 Å². The quantitative estimate of drug-likeness (QED) is 0.751. The summed E-state index contributed by atoms with van der Waals surface area (Å²) in [6, 6.07) is 5.16. The molecule has 0 saturated carbocycles. The number of rotatable bonds is 3. The van der Waals surface area contributed by atoms with E-state index in [0.29, 0.717) is 5.82 Å². The van der Waals surface area contributed by atoms with E-state index in [2.05, 4.69) is 25.5 Å². The van der Waals surface area contributed by atoms with E-state index in [9.17, 15) is 8.42 Å². The Labute approximate surface area is 139 Å². The molecule has 8 heteroatoms. The van der Waals surface area contributed by atoms with Crippen LogP contribution in [0.3, 0.4) is 0 Å². The molecule has 24 heavy (non-hydrogen) atoms. The van der Waals surface area contributed by atoms with Crippen molar-refractivity contribution in [1.82, 2.24) is 20.2 Å². The van der Waals surface area contributed by atoms with Gasteiger partial charge in [-0.25, -0.2) is 18.4 Å². The molecule has 0 amide bonds. The van der Waals surface area contributed by atoms with Crippen molar-refractivity contribution < 1.29 is 8.42 Å². The summed E-state index contributed by atoms with van der Waals surface area (Å²) in [6.45, 7) is 0. The zero-order valence-electron chi connectivity index (χ0n) is 13.2. The van der Waals surface area contributed by atoms with Crippen molar-refractivity contribution in [3.63, 3.8) is 0 Å². The van der Waals surface area contributed by atoms with Gasteiger partial charge < -0.3 is 5.32 Å². The number of fused-ring (bicyclic) bond motifs is 2. The molecule has 2 heterocycles. The summed E-state index contributed by atoms with van der Waals surface area (Å²) in [5.41, 5.74) is 3.13. The summed E-state index contributed by atoms with van der Waals surface area (Å²) in [6.07, 6.45) is 7.33. The standard InChI is InChI=1S/C16H17N5O2S/c1-24(22,23)12-3-5-15-13(7-12)16(18-9-17-15)20-11-2-4-14-10(6-11)8-19-21-14/h3,5,7-9,11H,2,4,6H2,1H3,(H,19,21)(H,17,18,20). The van der Waals surface area contributed by atoms with Crippen LogP contribution < -0.4 is 5.32 Å². The Bertz CT molecular complexity index is 1010. The monoisotopic (exact) mass is 343 g/mol.